The summed E-state index contributed by atoms with van der Waals surface area (Å²) in [5.41, 5.74) is -0.535. The Labute approximate surface area is 40.0 Å². The van der Waals surface area contributed by atoms with Crippen LogP contribution in [0.15, 0.2) is 0 Å². The third-order valence-electron chi connectivity index (χ3n) is 0.122. The van der Waals surface area contributed by atoms with Gasteiger partial charge >= 0.3 is 10.1 Å². The second kappa shape index (κ2) is 2.67. The first-order valence-corrected chi connectivity index (χ1v) is 2.49. The minimum absolute atomic E-state index is 0. The van der Waals surface area contributed by atoms with Crippen molar-refractivity contribution in [2.45, 2.75) is 0 Å². The van der Waals surface area contributed by atoms with E-state index in [4.69, 9.17) is 9.35 Å². The first kappa shape index (κ1) is 9.74. The number of carbonyl (C=O) groups is 1. The highest BCUT2D eigenvalue weighted by Gasteiger charge is 1.94. The summed E-state index contributed by atoms with van der Waals surface area (Å²) in [7, 11) is -4.34. The molecule has 0 aromatic carbocycles. The SMILES string of the molecule is O.O=CS(=O)(=O)O. The molecule has 0 amide bonds. The van der Waals surface area contributed by atoms with E-state index in [0.29, 0.717) is 0 Å². The Balaban J connectivity index is 0. The second-order valence-electron chi connectivity index (χ2n) is 0.611. The molecule has 3 N–H and O–H groups in total. The molecule has 0 aromatic heterocycles. The molecule has 7 heavy (non-hydrogen) atoms. The van der Waals surface area contributed by atoms with Crippen LogP contribution in [0.2, 0.25) is 0 Å². The van der Waals surface area contributed by atoms with Crippen molar-refractivity contribution in [1.29, 1.82) is 0 Å². The van der Waals surface area contributed by atoms with Gasteiger partial charge in [0, 0.05) is 0 Å². The molecule has 0 aliphatic heterocycles. The van der Waals surface area contributed by atoms with Crippen molar-refractivity contribution in [3.05, 3.63) is 0 Å². The molecule has 0 aliphatic carbocycles. The van der Waals surface area contributed by atoms with Crippen LogP contribution < -0.4 is 0 Å². The summed E-state index contributed by atoms with van der Waals surface area (Å²) >= 11 is 0. The summed E-state index contributed by atoms with van der Waals surface area (Å²) in [4.78, 5) is 8.99. The lowest BCUT2D eigenvalue weighted by Crippen LogP contribution is -1.94. The van der Waals surface area contributed by atoms with E-state index < -0.39 is 15.7 Å². The Morgan fingerprint density at radius 3 is 1.57 bits per heavy atom. The van der Waals surface area contributed by atoms with Gasteiger partial charge in [-0.1, -0.05) is 0 Å². The van der Waals surface area contributed by atoms with Crippen LogP contribution in [-0.4, -0.2) is 24.1 Å². The standard InChI is InChI=1S/CH2O4S.H2O/c2-1-6(3,4)5;/h1H,(H,3,4,5);1H2. The number of hydrogen-bond donors (Lipinski definition) is 1. The molecule has 44 valence electrons. The molecule has 0 fully saturated rings. The molecule has 0 unspecified atom stereocenters. The molecule has 0 rings (SSSR count). The maximum Gasteiger partial charge on any atom is 0.325 e. The van der Waals surface area contributed by atoms with Crippen molar-refractivity contribution in [3.63, 3.8) is 0 Å². The molecule has 0 saturated heterocycles. The summed E-state index contributed by atoms with van der Waals surface area (Å²) in [6.07, 6.45) is 0. The summed E-state index contributed by atoms with van der Waals surface area (Å²) < 4.78 is 25.8. The average Bonchev–Trinajstić information content (AvgIpc) is 1.35. The molecule has 0 aliphatic rings. The van der Waals surface area contributed by atoms with Gasteiger partial charge in [-0.2, -0.15) is 8.42 Å². The maximum atomic E-state index is 9.19. The fraction of sp³-hybridized carbons (Fsp3) is 0. The van der Waals surface area contributed by atoms with E-state index in [1.807, 2.05) is 0 Å². The summed E-state index contributed by atoms with van der Waals surface area (Å²) in [5, 5.41) is 0. The third kappa shape index (κ3) is 10.8. The van der Waals surface area contributed by atoms with E-state index >= 15 is 0 Å². The van der Waals surface area contributed by atoms with Gasteiger partial charge in [0.2, 0.25) is 0 Å². The van der Waals surface area contributed by atoms with Crippen molar-refractivity contribution >= 4 is 15.7 Å². The highest BCUT2D eigenvalue weighted by atomic mass is 32.2. The molecule has 0 spiro atoms. The molecule has 0 atom stereocenters. The van der Waals surface area contributed by atoms with Crippen LogP contribution in [0.1, 0.15) is 0 Å². The lowest BCUT2D eigenvalue weighted by atomic mass is 11.8. The van der Waals surface area contributed by atoms with Gasteiger partial charge in [-0.3, -0.25) is 9.35 Å². The Hall–Kier alpha value is -0.460. The van der Waals surface area contributed by atoms with Crippen LogP contribution in [0, 0.1) is 0 Å². The van der Waals surface area contributed by atoms with E-state index in [2.05, 4.69) is 0 Å². The van der Waals surface area contributed by atoms with Crippen molar-refractivity contribution in [3.8, 4) is 0 Å². The maximum absolute atomic E-state index is 9.19. The van der Waals surface area contributed by atoms with Crippen molar-refractivity contribution < 1.29 is 23.2 Å². The van der Waals surface area contributed by atoms with Crippen molar-refractivity contribution in [1.82, 2.24) is 0 Å². The summed E-state index contributed by atoms with van der Waals surface area (Å²) in [6, 6.07) is 0. The Kier molecular flexibility index (Phi) is 3.71. The fourth-order valence-corrected chi connectivity index (χ4v) is 0. The van der Waals surface area contributed by atoms with Crippen LogP contribution in [0.5, 0.6) is 0 Å². The topological polar surface area (TPSA) is 103 Å². The van der Waals surface area contributed by atoms with Gasteiger partial charge in [0.1, 0.15) is 0 Å². The summed E-state index contributed by atoms with van der Waals surface area (Å²) in [5.74, 6) is 0. The molecule has 0 aromatic rings. The lowest BCUT2D eigenvalue weighted by molar-refractivity contribution is 0.487. The van der Waals surface area contributed by atoms with E-state index in [-0.39, 0.29) is 5.48 Å². The largest absolute Gasteiger partial charge is 0.412 e. The van der Waals surface area contributed by atoms with Crippen LogP contribution >= 0.6 is 0 Å². The van der Waals surface area contributed by atoms with Gasteiger partial charge < -0.3 is 5.48 Å². The summed E-state index contributed by atoms with van der Waals surface area (Å²) in [6.45, 7) is 0. The minimum Gasteiger partial charge on any atom is -0.412 e. The predicted molar refractivity (Wildman–Crippen MR) is 21.9 cm³/mol. The zero-order valence-corrected chi connectivity index (χ0v) is 3.97. The van der Waals surface area contributed by atoms with Crippen LogP contribution in [0.25, 0.3) is 0 Å². The Bertz CT molecular complexity index is 119. The molecule has 0 radical (unpaired) electrons. The Morgan fingerprint density at radius 2 is 1.57 bits per heavy atom. The van der Waals surface area contributed by atoms with Gasteiger partial charge in [0.15, 0.2) is 0 Å². The smallest absolute Gasteiger partial charge is 0.325 e. The van der Waals surface area contributed by atoms with E-state index in [1.54, 1.807) is 0 Å². The third-order valence-corrected chi connectivity index (χ3v) is 0.365. The molecular weight excluding hydrogens is 124 g/mol. The molecule has 6 heteroatoms. The average molecular weight is 128 g/mol. The van der Waals surface area contributed by atoms with Crippen molar-refractivity contribution in [2.75, 3.05) is 0 Å². The molecule has 5 nitrogen and oxygen atoms in total. The zero-order valence-electron chi connectivity index (χ0n) is 3.16. The van der Waals surface area contributed by atoms with E-state index in [9.17, 15) is 8.42 Å². The van der Waals surface area contributed by atoms with Gasteiger partial charge in [0.05, 0.1) is 0 Å². The van der Waals surface area contributed by atoms with Gasteiger partial charge in [0.25, 0.3) is 5.62 Å². The number of hydrogen-bond acceptors (Lipinski definition) is 3. The highest BCUT2D eigenvalue weighted by molar-refractivity contribution is 7.99. The highest BCUT2D eigenvalue weighted by Crippen LogP contribution is 1.64. The predicted octanol–water partition coefficient (Wildman–Crippen LogP) is -1.76. The number of rotatable bonds is 1. The van der Waals surface area contributed by atoms with Gasteiger partial charge in [-0.15, -0.1) is 0 Å². The van der Waals surface area contributed by atoms with Gasteiger partial charge in [-0.05, 0) is 0 Å². The first-order chi connectivity index (χ1) is 2.56. The number of carbonyl (C=O) groups excluding carboxylic acids is 1. The van der Waals surface area contributed by atoms with Gasteiger partial charge in [-0.25, -0.2) is 0 Å². The molecule has 0 heterocycles. The van der Waals surface area contributed by atoms with E-state index in [0.717, 1.165) is 0 Å². The van der Waals surface area contributed by atoms with Crippen LogP contribution in [0.3, 0.4) is 0 Å². The minimum atomic E-state index is -4.34. The van der Waals surface area contributed by atoms with Crippen LogP contribution in [-0.2, 0) is 14.9 Å². The van der Waals surface area contributed by atoms with Crippen molar-refractivity contribution in [2.24, 2.45) is 0 Å². The fourth-order valence-electron chi connectivity index (χ4n) is 0. The second-order valence-corrected chi connectivity index (χ2v) is 1.83. The Morgan fingerprint density at radius 1 is 1.43 bits per heavy atom. The normalized spacial score (nSPS) is 9.29. The monoisotopic (exact) mass is 128 g/mol. The van der Waals surface area contributed by atoms with E-state index in [1.165, 1.54) is 0 Å². The molecule has 0 saturated carbocycles. The molecular formula is CH4O5S. The zero-order chi connectivity index (χ0) is 5.21. The lowest BCUT2D eigenvalue weighted by Gasteiger charge is -1.68. The molecule has 0 bridgehead atoms. The quantitative estimate of drug-likeness (QED) is 0.333. The van der Waals surface area contributed by atoms with Crippen LogP contribution in [0.4, 0.5) is 0 Å². The first-order valence-electron chi connectivity index (χ1n) is 0.987.